The Bertz CT molecular complexity index is 648. The van der Waals surface area contributed by atoms with Crippen LogP contribution in [-0.4, -0.2) is 74.7 Å². The summed E-state index contributed by atoms with van der Waals surface area (Å²) in [6, 6.07) is 10.1. The molecule has 1 aromatic rings. The number of benzene rings is 1. The molecule has 2 aliphatic rings. The maximum absolute atomic E-state index is 13.3. The molecule has 2 heterocycles. The van der Waals surface area contributed by atoms with E-state index in [1.54, 1.807) is 0 Å². The average molecular weight is 387 g/mol. The number of hydrogen-bond donors (Lipinski definition) is 1. The molecule has 1 N–H and O–H groups in total. The van der Waals surface area contributed by atoms with Gasteiger partial charge in [-0.2, -0.15) is 0 Å². The second-order valence-electron chi connectivity index (χ2n) is 8.18. The third-order valence-electron chi connectivity index (χ3n) is 5.67. The minimum Gasteiger partial charge on any atom is -0.378 e. The Labute approximate surface area is 168 Å². The first-order valence-corrected chi connectivity index (χ1v) is 10.5. The zero-order chi connectivity index (χ0) is 19.9. The topological polar surface area (TPSA) is 57.2 Å². The van der Waals surface area contributed by atoms with Crippen molar-refractivity contribution in [2.45, 2.75) is 26.2 Å². The van der Waals surface area contributed by atoms with Crippen molar-refractivity contribution in [3.63, 3.8) is 0 Å². The van der Waals surface area contributed by atoms with Gasteiger partial charge in [-0.25, -0.2) is 0 Å². The molecule has 154 valence electrons. The van der Waals surface area contributed by atoms with Crippen molar-refractivity contribution in [2.75, 3.05) is 53.0 Å². The van der Waals surface area contributed by atoms with Gasteiger partial charge in [0.15, 0.2) is 5.96 Å². The number of rotatable bonds is 4. The third kappa shape index (κ3) is 5.25. The SMILES string of the molecule is CN=C(NCC(C(=O)N1CCOCC1)c1ccccc1)N1CC(C)CC(C)C1. The number of carbonyl (C=O) groups is 1. The molecule has 3 rings (SSSR count). The van der Waals surface area contributed by atoms with Crippen LogP contribution in [0.5, 0.6) is 0 Å². The summed E-state index contributed by atoms with van der Waals surface area (Å²) in [6.45, 7) is 9.73. The van der Waals surface area contributed by atoms with E-state index in [2.05, 4.69) is 29.1 Å². The van der Waals surface area contributed by atoms with Crippen molar-refractivity contribution in [2.24, 2.45) is 16.8 Å². The van der Waals surface area contributed by atoms with E-state index >= 15 is 0 Å². The lowest BCUT2D eigenvalue weighted by Gasteiger charge is -2.37. The zero-order valence-electron chi connectivity index (χ0n) is 17.4. The van der Waals surface area contributed by atoms with Crippen LogP contribution in [-0.2, 0) is 9.53 Å². The first-order valence-electron chi connectivity index (χ1n) is 10.5. The van der Waals surface area contributed by atoms with Gasteiger partial charge in [-0.15, -0.1) is 0 Å². The molecule has 1 amide bonds. The fourth-order valence-corrected chi connectivity index (χ4v) is 4.40. The lowest BCUT2D eigenvalue weighted by Crippen LogP contribution is -2.51. The van der Waals surface area contributed by atoms with Crippen LogP contribution in [0.2, 0.25) is 0 Å². The molecule has 0 spiro atoms. The molecule has 6 heteroatoms. The molecule has 6 nitrogen and oxygen atoms in total. The monoisotopic (exact) mass is 386 g/mol. The van der Waals surface area contributed by atoms with Gasteiger partial charge in [0.2, 0.25) is 5.91 Å². The summed E-state index contributed by atoms with van der Waals surface area (Å²) in [7, 11) is 1.83. The van der Waals surface area contributed by atoms with Gasteiger partial charge in [-0.05, 0) is 23.8 Å². The number of nitrogens with one attached hydrogen (secondary N) is 1. The fourth-order valence-electron chi connectivity index (χ4n) is 4.40. The lowest BCUT2D eigenvalue weighted by atomic mass is 9.92. The van der Waals surface area contributed by atoms with Crippen LogP contribution < -0.4 is 5.32 Å². The standard InChI is InChI=1S/C22H34N4O2/c1-17-13-18(2)16-26(15-17)22(23-3)24-14-20(19-7-5-4-6-8-19)21(27)25-9-11-28-12-10-25/h4-8,17-18,20H,9-16H2,1-3H3,(H,23,24). The lowest BCUT2D eigenvalue weighted by molar-refractivity contribution is -0.136. The molecule has 0 saturated carbocycles. The first kappa shape index (κ1) is 20.6. The normalized spacial score (nSPS) is 24.8. The number of likely N-dealkylation sites (tertiary alicyclic amines) is 1. The second-order valence-corrected chi connectivity index (χ2v) is 8.18. The maximum Gasteiger partial charge on any atom is 0.232 e. The van der Waals surface area contributed by atoms with Crippen molar-refractivity contribution in [1.29, 1.82) is 0 Å². The first-order chi connectivity index (χ1) is 13.6. The van der Waals surface area contributed by atoms with Crippen molar-refractivity contribution < 1.29 is 9.53 Å². The Balaban J connectivity index is 1.71. The van der Waals surface area contributed by atoms with Crippen molar-refractivity contribution in [3.8, 4) is 0 Å². The van der Waals surface area contributed by atoms with Crippen LogP contribution in [0.1, 0.15) is 31.7 Å². The number of hydrogen-bond acceptors (Lipinski definition) is 3. The summed E-state index contributed by atoms with van der Waals surface area (Å²) in [5.41, 5.74) is 1.04. The molecule has 2 saturated heterocycles. The summed E-state index contributed by atoms with van der Waals surface area (Å²) < 4.78 is 5.42. The van der Waals surface area contributed by atoms with Gasteiger partial charge in [-0.3, -0.25) is 9.79 Å². The molecule has 0 aromatic heterocycles. The van der Waals surface area contributed by atoms with Crippen LogP contribution in [0.25, 0.3) is 0 Å². The van der Waals surface area contributed by atoms with Gasteiger partial charge in [0.05, 0.1) is 19.1 Å². The van der Waals surface area contributed by atoms with E-state index in [1.165, 1.54) is 6.42 Å². The molecule has 2 aliphatic heterocycles. The number of morpholine rings is 1. The Morgan fingerprint density at radius 2 is 1.79 bits per heavy atom. The zero-order valence-corrected chi connectivity index (χ0v) is 17.4. The van der Waals surface area contributed by atoms with Crippen LogP contribution in [0.15, 0.2) is 35.3 Å². The molecule has 2 fully saturated rings. The van der Waals surface area contributed by atoms with E-state index in [9.17, 15) is 4.79 Å². The van der Waals surface area contributed by atoms with Gasteiger partial charge in [0, 0.05) is 39.8 Å². The van der Waals surface area contributed by atoms with E-state index in [0.29, 0.717) is 44.7 Å². The number of piperidine rings is 1. The summed E-state index contributed by atoms with van der Waals surface area (Å²) in [6.07, 6.45) is 1.26. The molecule has 0 aliphatic carbocycles. The van der Waals surface area contributed by atoms with Crippen LogP contribution in [0.3, 0.4) is 0 Å². The summed E-state index contributed by atoms with van der Waals surface area (Å²) in [5, 5.41) is 3.50. The third-order valence-corrected chi connectivity index (χ3v) is 5.67. The number of guanidine groups is 1. The smallest absolute Gasteiger partial charge is 0.232 e. The van der Waals surface area contributed by atoms with Crippen LogP contribution in [0, 0.1) is 11.8 Å². The van der Waals surface area contributed by atoms with Crippen molar-refractivity contribution >= 4 is 11.9 Å². The fraction of sp³-hybridized carbons (Fsp3) is 0.636. The van der Waals surface area contributed by atoms with E-state index in [-0.39, 0.29) is 11.8 Å². The molecule has 3 unspecified atom stereocenters. The van der Waals surface area contributed by atoms with E-state index in [4.69, 9.17) is 4.74 Å². The van der Waals surface area contributed by atoms with E-state index < -0.39 is 0 Å². The maximum atomic E-state index is 13.3. The highest BCUT2D eigenvalue weighted by molar-refractivity contribution is 5.86. The highest BCUT2D eigenvalue weighted by Crippen LogP contribution is 2.22. The molecule has 3 atom stereocenters. The van der Waals surface area contributed by atoms with Crippen molar-refractivity contribution in [1.82, 2.24) is 15.1 Å². The molecular formula is C22H34N4O2. The Morgan fingerprint density at radius 1 is 1.14 bits per heavy atom. The van der Waals surface area contributed by atoms with Crippen LogP contribution in [0.4, 0.5) is 0 Å². The highest BCUT2D eigenvalue weighted by atomic mass is 16.5. The quantitative estimate of drug-likeness (QED) is 0.637. The molecular weight excluding hydrogens is 352 g/mol. The number of ether oxygens (including phenoxy) is 1. The van der Waals surface area contributed by atoms with Gasteiger partial charge in [0.1, 0.15) is 0 Å². The van der Waals surface area contributed by atoms with Gasteiger partial charge in [0.25, 0.3) is 0 Å². The Morgan fingerprint density at radius 3 is 2.39 bits per heavy atom. The summed E-state index contributed by atoms with van der Waals surface area (Å²) >= 11 is 0. The molecule has 0 bridgehead atoms. The van der Waals surface area contributed by atoms with Crippen LogP contribution >= 0.6 is 0 Å². The predicted molar refractivity (Wildman–Crippen MR) is 112 cm³/mol. The highest BCUT2D eigenvalue weighted by Gasteiger charge is 2.29. The van der Waals surface area contributed by atoms with E-state index in [0.717, 1.165) is 24.6 Å². The summed E-state index contributed by atoms with van der Waals surface area (Å²) in [4.78, 5) is 22.0. The molecule has 1 aromatic carbocycles. The minimum absolute atomic E-state index is 0.165. The number of nitrogens with zero attached hydrogens (tertiary/aromatic N) is 3. The summed E-state index contributed by atoms with van der Waals surface area (Å²) in [5.74, 6) is 2.15. The minimum atomic E-state index is -0.226. The van der Waals surface area contributed by atoms with Crippen molar-refractivity contribution in [3.05, 3.63) is 35.9 Å². The second kappa shape index (κ2) is 9.92. The predicted octanol–water partition coefficient (Wildman–Crippen LogP) is 2.18. The number of carbonyl (C=O) groups excluding carboxylic acids is 1. The Hall–Kier alpha value is -2.08. The average Bonchev–Trinajstić information content (AvgIpc) is 2.71. The van der Waals surface area contributed by atoms with Gasteiger partial charge in [-0.1, -0.05) is 44.2 Å². The largest absolute Gasteiger partial charge is 0.378 e. The van der Waals surface area contributed by atoms with Gasteiger partial charge < -0.3 is 19.9 Å². The van der Waals surface area contributed by atoms with Gasteiger partial charge >= 0.3 is 0 Å². The van der Waals surface area contributed by atoms with E-state index in [1.807, 2.05) is 42.3 Å². The number of aliphatic imine (C=N–C) groups is 1. The molecule has 0 radical (unpaired) electrons. The Kier molecular flexibility index (Phi) is 7.31. The number of amides is 1. The molecule has 28 heavy (non-hydrogen) atoms.